The summed E-state index contributed by atoms with van der Waals surface area (Å²) < 4.78 is 37.2. The van der Waals surface area contributed by atoms with E-state index in [1.54, 1.807) is 0 Å². The van der Waals surface area contributed by atoms with Crippen LogP contribution in [0.1, 0.15) is 10.4 Å². The monoisotopic (exact) mass is 389 g/mol. The number of rotatable bonds is 2. The van der Waals surface area contributed by atoms with Gasteiger partial charge in [-0.2, -0.15) is 0 Å². The van der Waals surface area contributed by atoms with Gasteiger partial charge in [0.2, 0.25) is 6.79 Å². The highest BCUT2D eigenvalue weighted by Gasteiger charge is 2.21. The lowest BCUT2D eigenvalue weighted by molar-refractivity contribution is 0.102. The zero-order valence-electron chi connectivity index (χ0n) is 10.8. The predicted octanol–water partition coefficient (Wildman–Crippen LogP) is 4.36. The number of ether oxygens (including phenoxy) is 2. The van der Waals surface area contributed by atoms with Crippen molar-refractivity contribution in [1.29, 1.82) is 0 Å². The third kappa shape index (κ3) is 2.74. The summed E-state index contributed by atoms with van der Waals surface area (Å²) in [5, 5.41) is 2.57. The van der Waals surface area contributed by atoms with Gasteiger partial charge in [-0.05, 0) is 34.1 Å². The number of amides is 1. The van der Waals surface area contributed by atoms with E-state index >= 15 is 0 Å². The van der Waals surface area contributed by atoms with Crippen molar-refractivity contribution in [3.63, 3.8) is 0 Å². The molecule has 0 unspecified atom stereocenters. The van der Waals surface area contributed by atoms with E-state index in [9.17, 15) is 13.6 Å². The number of benzene rings is 2. The molecule has 0 radical (unpaired) electrons. The third-order valence-electron chi connectivity index (χ3n) is 2.93. The number of nitrogens with one attached hydrogen (secondary N) is 1. The van der Waals surface area contributed by atoms with Gasteiger partial charge in [0.25, 0.3) is 5.91 Å². The van der Waals surface area contributed by atoms with E-state index in [1.165, 1.54) is 12.1 Å². The first-order valence-electron chi connectivity index (χ1n) is 6.01. The second-order valence-electron chi connectivity index (χ2n) is 4.39. The SMILES string of the molecule is O=C(Nc1c(F)cc(F)cc1Br)c1cc(Cl)c2c(c1)OCO2. The molecule has 0 spiro atoms. The van der Waals surface area contributed by atoms with E-state index in [0.29, 0.717) is 17.6 Å². The van der Waals surface area contributed by atoms with E-state index in [2.05, 4.69) is 21.2 Å². The summed E-state index contributed by atoms with van der Waals surface area (Å²) in [5.41, 5.74) is -0.00920. The van der Waals surface area contributed by atoms with Crippen LogP contribution < -0.4 is 14.8 Å². The van der Waals surface area contributed by atoms with E-state index in [-0.39, 0.29) is 27.5 Å². The molecule has 0 saturated carbocycles. The number of carbonyl (C=O) groups is 1. The Balaban J connectivity index is 1.91. The molecule has 114 valence electrons. The molecule has 3 rings (SSSR count). The summed E-state index contributed by atoms with van der Waals surface area (Å²) in [6.07, 6.45) is 0. The Morgan fingerprint density at radius 2 is 2.00 bits per heavy atom. The Hall–Kier alpha value is -1.86. The largest absolute Gasteiger partial charge is 0.454 e. The van der Waals surface area contributed by atoms with Crippen molar-refractivity contribution in [2.75, 3.05) is 12.1 Å². The second-order valence-corrected chi connectivity index (χ2v) is 5.65. The van der Waals surface area contributed by atoms with E-state index in [0.717, 1.165) is 6.07 Å². The molecule has 4 nitrogen and oxygen atoms in total. The van der Waals surface area contributed by atoms with Crippen molar-refractivity contribution in [2.24, 2.45) is 0 Å². The maximum Gasteiger partial charge on any atom is 0.255 e. The van der Waals surface area contributed by atoms with Gasteiger partial charge in [0, 0.05) is 16.1 Å². The van der Waals surface area contributed by atoms with E-state index < -0.39 is 17.5 Å². The molecule has 0 aromatic heterocycles. The maximum absolute atomic E-state index is 13.7. The van der Waals surface area contributed by atoms with Crippen molar-refractivity contribution >= 4 is 39.1 Å². The Labute approximate surface area is 137 Å². The first-order valence-corrected chi connectivity index (χ1v) is 7.18. The Morgan fingerprint density at radius 1 is 1.23 bits per heavy atom. The van der Waals surface area contributed by atoms with Gasteiger partial charge < -0.3 is 14.8 Å². The zero-order chi connectivity index (χ0) is 15.9. The predicted molar refractivity (Wildman–Crippen MR) is 79.6 cm³/mol. The lowest BCUT2D eigenvalue weighted by atomic mass is 10.1. The van der Waals surface area contributed by atoms with Gasteiger partial charge in [-0.3, -0.25) is 4.79 Å². The van der Waals surface area contributed by atoms with Crippen LogP contribution in [0, 0.1) is 11.6 Å². The molecule has 2 aromatic carbocycles. The third-order valence-corrected chi connectivity index (χ3v) is 3.84. The van der Waals surface area contributed by atoms with Crippen molar-refractivity contribution in [1.82, 2.24) is 0 Å². The van der Waals surface area contributed by atoms with Crippen LogP contribution in [0.3, 0.4) is 0 Å². The summed E-state index contributed by atoms with van der Waals surface area (Å²) >= 11 is 8.98. The average molecular weight is 391 g/mol. The molecular weight excluding hydrogens is 384 g/mol. The lowest BCUT2D eigenvalue weighted by Crippen LogP contribution is -2.13. The number of halogens is 4. The average Bonchev–Trinajstić information content (AvgIpc) is 2.91. The van der Waals surface area contributed by atoms with Gasteiger partial charge in [-0.15, -0.1) is 0 Å². The van der Waals surface area contributed by atoms with Gasteiger partial charge in [-0.25, -0.2) is 8.78 Å². The van der Waals surface area contributed by atoms with Crippen LogP contribution in [0.5, 0.6) is 11.5 Å². The van der Waals surface area contributed by atoms with Crippen molar-refractivity contribution < 1.29 is 23.0 Å². The van der Waals surface area contributed by atoms with E-state index in [4.69, 9.17) is 21.1 Å². The summed E-state index contributed by atoms with van der Waals surface area (Å²) in [4.78, 5) is 12.2. The summed E-state index contributed by atoms with van der Waals surface area (Å²) in [5.74, 6) is -1.59. The standard InChI is InChI=1S/C14H7BrClF2NO3/c15-8-3-7(17)4-10(18)12(8)19-14(20)6-1-9(16)13-11(2-6)21-5-22-13/h1-4H,5H2,(H,19,20). The molecule has 1 aliphatic heterocycles. The minimum atomic E-state index is -0.896. The second kappa shape index (κ2) is 5.73. The lowest BCUT2D eigenvalue weighted by Gasteiger charge is -2.10. The molecule has 1 aliphatic rings. The molecule has 0 saturated heterocycles. The number of hydrogen-bond acceptors (Lipinski definition) is 3. The van der Waals surface area contributed by atoms with Crippen LogP contribution in [0.15, 0.2) is 28.7 Å². The van der Waals surface area contributed by atoms with Crippen LogP contribution in [-0.2, 0) is 0 Å². The molecule has 1 amide bonds. The quantitative estimate of drug-likeness (QED) is 0.829. The van der Waals surface area contributed by atoms with Crippen molar-refractivity contribution in [3.05, 3.63) is 51.0 Å². The number of hydrogen-bond donors (Lipinski definition) is 1. The molecule has 0 bridgehead atoms. The summed E-state index contributed by atoms with van der Waals surface area (Å²) in [6.45, 7) is 0.0122. The van der Waals surface area contributed by atoms with E-state index in [1.807, 2.05) is 0 Å². The first kappa shape index (κ1) is 15.1. The topological polar surface area (TPSA) is 47.6 Å². The van der Waals surface area contributed by atoms with Gasteiger partial charge in [-0.1, -0.05) is 11.6 Å². The molecule has 2 aromatic rings. The van der Waals surface area contributed by atoms with Crippen LogP contribution in [0.25, 0.3) is 0 Å². The fourth-order valence-corrected chi connectivity index (χ4v) is 2.72. The van der Waals surface area contributed by atoms with Gasteiger partial charge >= 0.3 is 0 Å². The number of carbonyl (C=O) groups excluding carboxylic acids is 1. The minimum absolute atomic E-state index is 0.0122. The number of fused-ring (bicyclic) bond motifs is 1. The highest BCUT2D eigenvalue weighted by Crippen LogP contribution is 2.40. The Kier molecular flexibility index (Phi) is 3.92. The molecule has 0 atom stereocenters. The molecule has 0 fully saturated rings. The molecule has 1 heterocycles. The normalized spacial score (nSPS) is 12.4. The fraction of sp³-hybridized carbons (Fsp3) is 0.0714. The zero-order valence-corrected chi connectivity index (χ0v) is 13.1. The fourth-order valence-electron chi connectivity index (χ4n) is 1.95. The molecular formula is C14H7BrClF2NO3. The molecule has 8 heteroatoms. The van der Waals surface area contributed by atoms with Gasteiger partial charge in [0.1, 0.15) is 5.82 Å². The van der Waals surface area contributed by atoms with Crippen molar-refractivity contribution in [3.8, 4) is 11.5 Å². The van der Waals surface area contributed by atoms with Crippen LogP contribution in [0.4, 0.5) is 14.5 Å². The van der Waals surface area contributed by atoms with Crippen molar-refractivity contribution in [2.45, 2.75) is 0 Å². The maximum atomic E-state index is 13.7. The van der Waals surface area contributed by atoms with Crippen LogP contribution >= 0.6 is 27.5 Å². The summed E-state index contributed by atoms with van der Waals surface area (Å²) in [7, 11) is 0. The van der Waals surface area contributed by atoms with Gasteiger partial charge in [0.05, 0.1) is 10.7 Å². The number of anilines is 1. The van der Waals surface area contributed by atoms with Gasteiger partial charge in [0.15, 0.2) is 17.3 Å². The first-order chi connectivity index (χ1) is 10.5. The molecule has 0 aliphatic carbocycles. The minimum Gasteiger partial charge on any atom is -0.454 e. The summed E-state index contributed by atoms with van der Waals surface area (Å²) in [6, 6.07) is 4.52. The Bertz CT molecular complexity index is 762. The van der Waals surface area contributed by atoms with Crippen LogP contribution in [0.2, 0.25) is 5.02 Å². The highest BCUT2D eigenvalue weighted by atomic mass is 79.9. The molecule has 22 heavy (non-hydrogen) atoms. The smallest absolute Gasteiger partial charge is 0.255 e. The Morgan fingerprint density at radius 3 is 2.73 bits per heavy atom. The molecule has 1 N–H and O–H groups in total. The van der Waals surface area contributed by atoms with Crippen LogP contribution in [-0.4, -0.2) is 12.7 Å². The highest BCUT2D eigenvalue weighted by molar-refractivity contribution is 9.10.